The van der Waals surface area contributed by atoms with Crippen LogP contribution in [0.4, 0.5) is 0 Å². The van der Waals surface area contributed by atoms with Gasteiger partial charge in [0, 0.05) is 24.0 Å². The standard InChI is InChI=1S/C20H28N2O3/c1-13(2)22-14(3)12-16(15(22)4)10-11-21-20(23)19-17(24-5)8-7-9-18(19)25-6/h7-9,12-13H,10-11H2,1-6H3,(H,21,23). The zero-order chi connectivity index (χ0) is 18.6. The molecule has 1 N–H and O–H groups in total. The minimum Gasteiger partial charge on any atom is -0.496 e. The van der Waals surface area contributed by atoms with Crippen molar-refractivity contribution in [3.8, 4) is 11.5 Å². The lowest BCUT2D eigenvalue weighted by Crippen LogP contribution is -2.26. The SMILES string of the molecule is COc1cccc(OC)c1C(=O)NCCc1cc(C)n(C(C)C)c1C. The van der Waals surface area contributed by atoms with Crippen LogP contribution in [0.25, 0.3) is 0 Å². The fourth-order valence-electron chi connectivity index (χ4n) is 3.37. The molecule has 136 valence electrons. The van der Waals surface area contributed by atoms with E-state index in [1.165, 1.54) is 17.0 Å². The van der Waals surface area contributed by atoms with Gasteiger partial charge >= 0.3 is 0 Å². The van der Waals surface area contributed by atoms with E-state index >= 15 is 0 Å². The highest BCUT2D eigenvalue weighted by molar-refractivity contribution is 5.99. The molecular formula is C20H28N2O3. The first kappa shape index (κ1) is 18.9. The quantitative estimate of drug-likeness (QED) is 0.834. The number of hydrogen-bond donors (Lipinski definition) is 1. The first-order chi connectivity index (χ1) is 11.9. The predicted molar refractivity (Wildman–Crippen MR) is 99.9 cm³/mol. The zero-order valence-corrected chi connectivity index (χ0v) is 16.0. The zero-order valence-electron chi connectivity index (χ0n) is 16.0. The minimum absolute atomic E-state index is 0.188. The van der Waals surface area contributed by atoms with Gasteiger partial charge in [0.15, 0.2) is 0 Å². The highest BCUT2D eigenvalue weighted by Crippen LogP contribution is 2.28. The van der Waals surface area contributed by atoms with E-state index in [0.29, 0.717) is 29.6 Å². The number of carbonyl (C=O) groups is 1. The van der Waals surface area contributed by atoms with Crippen LogP contribution >= 0.6 is 0 Å². The van der Waals surface area contributed by atoms with E-state index in [9.17, 15) is 4.79 Å². The summed E-state index contributed by atoms with van der Waals surface area (Å²) in [6.07, 6.45) is 0.787. The average molecular weight is 344 g/mol. The van der Waals surface area contributed by atoms with Crippen LogP contribution in [0.15, 0.2) is 24.3 Å². The van der Waals surface area contributed by atoms with Crippen molar-refractivity contribution >= 4 is 5.91 Å². The van der Waals surface area contributed by atoms with Crippen LogP contribution in [0.1, 0.15) is 47.2 Å². The molecular weight excluding hydrogens is 316 g/mol. The number of ether oxygens (including phenoxy) is 2. The third kappa shape index (κ3) is 3.98. The summed E-state index contributed by atoms with van der Waals surface area (Å²) >= 11 is 0. The van der Waals surface area contributed by atoms with Crippen LogP contribution in [0, 0.1) is 13.8 Å². The maximum absolute atomic E-state index is 12.6. The van der Waals surface area contributed by atoms with Crippen molar-refractivity contribution in [1.29, 1.82) is 0 Å². The van der Waals surface area contributed by atoms with Gasteiger partial charge in [-0.15, -0.1) is 0 Å². The fraction of sp³-hybridized carbons (Fsp3) is 0.450. The molecule has 0 spiro atoms. The number of nitrogens with zero attached hydrogens (tertiary/aromatic N) is 1. The van der Waals surface area contributed by atoms with E-state index in [1.54, 1.807) is 32.4 Å². The Hall–Kier alpha value is -2.43. The summed E-state index contributed by atoms with van der Waals surface area (Å²) in [4.78, 5) is 12.6. The number of aromatic nitrogens is 1. The second kappa shape index (κ2) is 8.10. The molecule has 0 aliphatic heterocycles. The lowest BCUT2D eigenvalue weighted by atomic mass is 10.1. The normalized spacial score (nSPS) is 10.8. The van der Waals surface area contributed by atoms with Gasteiger partial charge in [0.2, 0.25) is 0 Å². The van der Waals surface area contributed by atoms with Crippen molar-refractivity contribution in [3.05, 3.63) is 46.8 Å². The van der Waals surface area contributed by atoms with Crippen molar-refractivity contribution < 1.29 is 14.3 Å². The fourth-order valence-corrected chi connectivity index (χ4v) is 3.37. The Bertz CT molecular complexity index is 725. The van der Waals surface area contributed by atoms with E-state index < -0.39 is 0 Å². The highest BCUT2D eigenvalue weighted by atomic mass is 16.5. The Labute approximate surface area is 149 Å². The molecule has 5 heteroatoms. The number of hydrogen-bond acceptors (Lipinski definition) is 3. The molecule has 0 aliphatic carbocycles. The van der Waals surface area contributed by atoms with Gasteiger partial charge in [0.25, 0.3) is 5.91 Å². The number of benzene rings is 1. The maximum atomic E-state index is 12.6. The van der Waals surface area contributed by atoms with Crippen LogP contribution in [-0.2, 0) is 6.42 Å². The third-order valence-corrected chi connectivity index (χ3v) is 4.44. The number of aryl methyl sites for hydroxylation is 1. The monoisotopic (exact) mass is 344 g/mol. The molecule has 0 atom stereocenters. The van der Waals surface area contributed by atoms with Gasteiger partial charge in [-0.1, -0.05) is 6.07 Å². The first-order valence-corrected chi connectivity index (χ1v) is 8.57. The summed E-state index contributed by atoms with van der Waals surface area (Å²) in [5.74, 6) is 0.830. The molecule has 0 fully saturated rings. The summed E-state index contributed by atoms with van der Waals surface area (Å²) in [6.45, 7) is 9.17. The Morgan fingerprint density at radius 3 is 2.24 bits per heavy atom. The number of nitrogens with one attached hydrogen (secondary N) is 1. The number of rotatable bonds is 7. The molecule has 1 aromatic carbocycles. The van der Waals surface area contributed by atoms with Crippen molar-refractivity contribution in [2.75, 3.05) is 20.8 Å². The molecule has 25 heavy (non-hydrogen) atoms. The molecule has 0 bridgehead atoms. The number of methoxy groups -OCH3 is 2. The highest BCUT2D eigenvalue weighted by Gasteiger charge is 2.18. The van der Waals surface area contributed by atoms with E-state index in [1.807, 2.05) is 0 Å². The Kier molecular flexibility index (Phi) is 6.12. The smallest absolute Gasteiger partial charge is 0.258 e. The lowest BCUT2D eigenvalue weighted by molar-refractivity contribution is 0.0948. The molecule has 5 nitrogen and oxygen atoms in total. The Morgan fingerprint density at radius 1 is 1.16 bits per heavy atom. The van der Waals surface area contributed by atoms with Crippen LogP contribution in [-0.4, -0.2) is 31.2 Å². The van der Waals surface area contributed by atoms with E-state index in [0.717, 1.165) is 6.42 Å². The van der Waals surface area contributed by atoms with Crippen molar-refractivity contribution in [2.24, 2.45) is 0 Å². The largest absolute Gasteiger partial charge is 0.496 e. The van der Waals surface area contributed by atoms with Gasteiger partial charge in [-0.05, 0) is 57.9 Å². The third-order valence-electron chi connectivity index (χ3n) is 4.44. The second-order valence-electron chi connectivity index (χ2n) is 6.40. The minimum atomic E-state index is -0.188. The summed E-state index contributed by atoms with van der Waals surface area (Å²) in [6, 6.07) is 7.95. The molecule has 1 amide bonds. The van der Waals surface area contributed by atoms with Crippen LogP contribution < -0.4 is 14.8 Å². The van der Waals surface area contributed by atoms with Gasteiger partial charge in [-0.25, -0.2) is 0 Å². The Morgan fingerprint density at radius 2 is 1.76 bits per heavy atom. The molecule has 1 aromatic heterocycles. The van der Waals surface area contributed by atoms with Gasteiger partial charge in [0.1, 0.15) is 17.1 Å². The van der Waals surface area contributed by atoms with Gasteiger partial charge in [-0.3, -0.25) is 4.79 Å². The maximum Gasteiger partial charge on any atom is 0.258 e. The van der Waals surface area contributed by atoms with Crippen LogP contribution in [0.3, 0.4) is 0 Å². The summed E-state index contributed by atoms with van der Waals surface area (Å²) in [5, 5.41) is 2.97. The van der Waals surface area contributed by atoms with Gasteiger partial charge in [-0.2, -0.15) is 0 Å². The topological polar surface area (TPSA) is 52.5 Å². The lowest BCUT2D eigenvalue weighted by Gasteiger charge is -2.14. The van der Waals surface area contributed by atoms with E-state index in [2.05, 4.69) is 43.6 Å². The molecule has 0 unspecified atom stereocenters. The molecule has 0 saturated heterocycles. The molecule has 0 radical (unpaired) electrons. The van der Waals surface area contributed by atoms with E-state index in [4.69, 9.17) is 9.47 Å². The molecule has 0 aliphatic rings. The summed E-state index contributed by atoms with van der Waals surface area (Å²) in [5.41, 5.74) is 4.20. The number of amides is 1. The first-order valence-electron chi connectivity index (χ1n) is 8.57. The van der Waals surface area contributed by atoms with Crippen molar-refractivity contribution in [3.63, 3.8) is 0 Å². The molecule has 1 heterocycles. The van der Waals surface area contributed by atoms with Crippen LogP contribution in [0.5, 0.6) is 11.5 Å². The molecule has 0 saturated carbocycles. The Balaban J connectivity index is 2.08. The summed E-state index contributed by atoms with van der Waals surface area (Å²) in [7, 11) is 3.10. The van der Waals surface area contributed by atoms with Crippen molar-refractivity contribution in [1.82, 2.24) is 9.88 Å². The molecule has 2 aromatic rings. The van der Waals surface area contributed by atoms with Crippen LogP contribution in [0.2, 0.25) is 0 Å². The average Bonchev–Trinajstić information content (AvgIpc) is 2.87. The van der Waals surface area contributed by atoms with Gasteiger partial charge in [0.05, 0.1) is 14.2 Å². The molecule has 2 rings (SSSR count). The van der Waals surface area contributed by atoms with Crippen molar-refractivity contribution in [2.45, 2.75) is 40.2 Å². The predicted octanol–water partition coefficient (Wildman–Crippen LogP) is 3.68. The number of carbonyl (C=O) groups excluding carboxylic acids is 1. The van der Waals surface area contributed by atoms with E-state index in [-0.39, 0.29) is 5.91 Å². The summed E-state index contributed by atoms with van der Waals surface area (Å²) < 4.78 is 12.9. The second-order valence-corrected chi connectivity index (χ2v) is 6.40. The van der Waals surface area contributed by atoms with Gasteiger partial charge < -0.3 is 19.4 Å².